The van der Waals surface area contributed by atoms with Crippen LogP contribution in [0.1, 0.15) is 10.4 Å². The summed E-state index contributed by atoms with van der Waals surface area (Å²) < 4.78 is 10.5. The summed E-state index contributed by atoms with van der Waals surface area (Å²) in [4.78, 5) is 28.0. The predicted molar refractivity (Wildman–Crippen MR) is 83.5 cm³/mol. The monoisotopic (exact) mass is 319 g/mol. The first-order valence-corrected chi connectivity index (χ1v) is 7.66. The molecule has 0 saturated carbocycles. The lowest BCUT2D eigenvalue weighted by molar-refractivity contribution is -0.129. The fourth-order valence-corrected chi connectivity index (χ4v) is 2.57. The van der Waals surface area contributed by atoms with Crippen LogP contribution in [-0.2, 0) is 4.79 Å². The minimum Gasteiger partial charge on any atom is -0.454 e. The van der Waals surface area contributed by atoms with Crippen molar-refractivity contribution in [3.8, 4) is 11.5 Å². The van der Waals surface area contributed by atoms with Gasteiger partial charge in [-0.3, -0.25) is 9.59 Å². The number of ether oxygens (including phenoxy) is 2. The molecule has 0 unspecified atom stereocenters. The second-order valence-corrected chi connectivity index (χ2v) is 6.07. The van der Waals surface area contributed by atoms with E-state index in [2.05, 4.69) is 5.32 Å². The second kappa shape index (κ2) is 6.45. The van der Waals surface area contributed by atoms with Gasteiger partial charge in [0.15, 0.2) is 11.5 Å². The Kier molecular flexibility index (Phi) is 4.38. The molecule has 1 aromatic rings. The Hall–Kier alpha value is -2.28. The van der Waals surface area contributed by atoms with Gasteiger partial charge in [0.2, 0.25) is 12.7 Å². The standard InChI is InChI=1S/C16H21N3O4/c1-18(2)6-5-17-15(20)12-8-19(9-12)16(21)11-3-4-13-14(7-11)23-10-22-13/h3-4,7,12H,5-6,8-10H2,1-2H3,(H,17,20). The fraction of sp³-hybridized carbons (Fsp3) is 0.500. The molecular formula is C16H21N3O4. The van der Waals surface area contributed by atoms with E-state index in [4.69, 9.17) is 9.47 Å². The summed E-state index contributed by atoms with van der Waals surface area (Å²) in [6.45, 7) is 2.53. The number of amides is 2. The first-order valence-electron chi connectivity index (χ1n) is 7.66. The summed E-state index contributed by atoms with van der Waals surface area (Å²) in [5, 5.41) is 2.89. The van der Waals surface area contributed by atoms with E-state index in [0.717, 1.165) is 6.54 Å². The molecule has 1 aromatic carbocycles. The molecule has 7 heteroatoms. The number of likely N-dealkylation sites (tertiary alicyclic amines) is 1. The van der Waals surface area contributed by atoms with Gasteiger partial charge in [-0.1, -0.05) is 0 Å². The topological polar surface area (TPSA) is 71.1 Å². The zero-order valence-electron chi connectivity index (χ0n) is 13.4. The predicted octanol–water partition coefficient (Wildman–Crippen LogP) is 0.165. The first-order chi connectivity index (χ1) is 11.0. The van der Waals surface area contributed by atoms with Gasteiger partial charge < -0.3 is 24.6 Å². The van der Waals surface area contributed by atoms with Crippen LogP contribution < -0.4 is 14.8 Å². The lowest BCUT2D eigenvalue weighted by Gasteiger charge is -2.38. The molecule has 0 atom stereocenters. The molecule has 0 aromatic heterocycles. The van der Waals surface area contributed by atoms with Crippen molar-refractivity contribution in [2.75, 3.05) is 47.1 Å². The minimum atomic E-state index is -0.116. The molecule has 1 saturated heterocycles. The van der Waals surface area contributed by atoms with Crippen LogP contribution in [-0.4, -0.2) is 68.7 Å². The number of likely N-dealkylation sites (N-methyl/N-ethyl adjacent to an activating group) is 1. The molecule has 7 nitrogen and oxygen atoms in total. The van der Waals surface area contributed by atoms with Crippen LogP contribution in [0, 0.1) is 5.92 Å². The summed E-state index contributed by atoms with van der Waals surface area (Å²) in [6, 6.07) is 5.15. The number of rotatable bonds is 5. The van der Waals surface area contributed by atoms with Crippen molar-refractivity contribution in [1.82, 2.24) is 15.1 Å². The molecular weight excluding hydrogens is 298 g/mol. The highest BCUT2D eigenvalue weighted by molar-refractivity contribution is 5.96. The van der Waals surface area contributed by atoms with Gasteiger partial charge in [0.1, 0.15) is 0 Å². The Balaban J connectivity index is 1.49. The molecule has 23 heavy (non-hydrogen) atoms. The van der Waals surface area contributed by atoms with Crippen LogP contribution in [0.4, 0.5) is 0 Å². The molecule has 0 aliphatic carbocycles. The van der Waals surface area contributed by atoms with E-state index in [0.29, 0.717) is 36.7 Å². The van der Waals surface area contributed by atoms with Crippen LogP contribution in [0.3, 0.4) is 0 Å². The van der Waals surface area contributed by atoms with Crippen molar-refractivity contribution < 1.29 is 19.1 Å². The smallest absolute Gasteiger partial charge is 0.254 e. The molecule has 1 fully saturated rings. The lowest BCUT2D eigenvalue weighted by Crippen LogP contribution is -2.56. The van der Waals surface area contributed by atoms with Gasteiger partial charge in [-0.25, -0.2) is 0 Å². The summed E-state index contributed by atoms with van der Waals surface area (Å²) in [6.07, 6.45) is 0. The van der Waals surface area contributed by atoms with Crippen molar-refractivity contribution in [2.24, 2.45) is 5.92 Å². The van der Waals surface area contributed by atoms with Crippen LogP contribution in [0.2, 0.25) is 0 Å². The fourth-order valence-electron chi connectivity index (χ4n) is 2.57. The Morgan fingerprint density at radius 3 is 2.74 bits per heavy atom. The van der Waals surface area contributed by atoms with E-state index < -0.39 is 0 Å². The molecule has 2 aliphatic rings. The number of fused-ring (bicyclic) bond motifs is 1. The number of carbonyl (C=O) groups is 2. The van der Waals surface area contributed by atoms with Gasteiger partial charge in [-0.15, -0.1) is 0 Å². The quantitative estimate of drug-likeness (QED) is 0.837. The van der Waals surface area contributed by atoms with Crippen molar-refractivity contribution in [2.45, 2.75) is 0 Å². The maximum Gasteiger partial charge on any atom is 0.254 e. The van der Waals surface area contributed by atoms with E-state index in [-0.39, 0.29) is 24.5 Å². The number of benzene rings is 1. The van der Waals surface area contributed by atoms with Gasteiger partial charge >= 0.3 is 0 Å². The van der Waals surface area contributed by atoms with Crippen molar-refractivity contribution in [3.63, 3.8) is 0 Å². The summed E-state index contributed by atoms with van der Waals surface area (Å²) in [7, 11) is 3.92. The first kappa shape index (κ1) is 15.6. The maximum atomic E-state index is 12.4. The number of hydrogen-bond donors (Lipinski definition) is 1. The third-order valence-electron chi connectivity index (χ3n) is 4.02. The number of nitrogens with one attached hydrogen (secondary N) is 1. The molecule has 2 heterocycles. The average molecular weight is 319 g/mol. The highest BCUT2D eigenvalue weighted by Crippen LogP contribution is 2.33. The molecule has 3 rings (SSSR count). The summed E-state index contributed by atoms with van der Waals surface area (Å²) >= 11 is 0. The number of hydrogen-bond acceptors (Lipinski definition) is 5. The molecule has 124 valence electrons. The van der Waals surface area contributed by atoms with Crippen LogP contribution in [0.25, 0.3) is 0 Å². The Labute approximate surface area is 135 Å². The molecule has 0 bridgehead atoms. The largest absolute Gasteiger partial charge is 0.454 e. The molecule has 0 radical (unpaired) electrons. The highest BCUT2D eigenvalue weighted by atomic mass is 16.7. The number of nitrogens with zero attached hydrogens (tertiary/aromatic N) is 2. The van der Waals surface area contributed by atoms with Crippen molar-refractivity contribution >= 4 is 11.8 Å². The normalized spacial score (nSPS) is 16.4. The van der Waals surface area contributed by atoms with E-state index in [1.54, 1.807) is 23.1 Å². The average Bonchev–Trinajstić information content (AvgIpc) is 2.92. The Morgan fingerprint density at radius 1 is 1.26 bits per heavy atom. The zero-order chi connectivity index (χ0) is 16.4. The second-order valence-electron chi connectivity index (χ2n) is 6.07. The zero-order valence-corrected chi connectivity index (χ0v) is 13.4. The van der Waals surface area contributed by atoms with Gasteiger partial charge in [-0.2, -0.15) is 0 Å². The van der Waals surface area contributed by atoms with E-state index in [9.17, 15) is 9.59 Å². The molecule has 2 amide bonds. The van der Waals surface area contributed by atoms with Crippen molar-refractivity contribution in [3.05, 3.63) is 23.8 Å². The maximum absolute atomic E-state index is 12.4. The molecule has 0 spiro atoms. The summed E-state index contributed by atoms with van der Waals surface area (Å²) in [5.41, 5.74) is 0.556. The van der Waals surface area contributed by atoms with Gasteiger partial charge in [0.25, 0.3) is 5.91 Å². The van der Waals surface area contributed by atoms with Crippen LogP contribution in [0.5, 0.6) is 11.5 Å². The Morgan fingerprint density at radius 2 is 2.00 bits per heavy atom. The summed E-state index contributed by atoms with van der Waals surface area (Å²) in [5.74, 6) is 1.06. The van der Waals surface area contributed by atoms with E-state index >= 15 is 0 Å². The lowest BCUT2D eigenvalue weighted by atomic mass is 9.97. The number of carbonyl (C=O) groups excluding carboxylic acids is 2. The Bertz CT molecular complexity index is 611. The SMILES string of the molecule is CN(C)CCNC(=O)C1CN(C(=O)c2ccc3c(c2)OCO3)C1. The van der Waals surface area contributed by atoms with Gasteiger partial charge in [0.05, 0.1) is 5.92 Å². The third-order valence-corrected chi connectivity index (χ3v) is 4.02. The highest BCUT2D eigenvalue weighted by Gasteiger charge is 2.36. The van der Waals surface area contributed by atoms with Gasteiger partial charge in [-0.05, 0) is 32.3 Å². The molecule has 2 aliphatic heterocycles. The van der Waals surface area contributed by atoms with Crippen molar-refractivity contribution in [1.29, 1.82) is 0 Å². The molecule has 1 N–H and O–H groups in total. The van der Waals surface area contributed by atoms with Gasteiger partial charge in [0, 0.05) is 31.7 Å². The van der Waals surface area contributed by atoms with E-state index in [1.807, 2.05) is 19.0 Å². The van der Waals surface area contributed by atoms with Crippen LogP contribution in [0.15, 0.2) is 18.2 Å². The minimum absolute atomic E-state index is 0.0154. The third kappa shape index (κ3) is 3.39. The van der Waals surface area contributed by atoms with Crippen LogP contribution >= 0.6 is 0 Å². The van der Waals surface area contributed by atoms with E-state index in [1.165, 1.54) is 0 Å².